The molecular weight excluding hydrogens is 566 g/mol. The van der Waals surface area contributed by atoms with Crippen LogP contribution in [0.2, 0.25) is 0 Å². The largest absolute Gasteiger partial charge is 0.497 e. The van der Waals surface area contributed by atoms with Gasteiger partial charge in [-0.25, -0.2) is 14.8 Å². The molecule has 3 aliphatic rings. The van der Waals surface area contributed by atoms with Gasteiger partial charge >= 0.3 is 6.03 Å². The lowest BCUT2D eigenvalue weighted by molar-refractivity contribution is -0.188. The maximum atomic E-state index is 14.2. The molecule has 0 aromatic heterocycles. The van der Waals surface area contributed by atoms with Crippen LogP contribution in [0, 0.1) is 5.92 Å². The lowest BCUT2D eigenvalue weighted by Gasteiger charge is -2.55. The summed E-state index contributed by atoms with van der Waals surface area (Å²) in [5.74, 6) is 0.780. The van der Waals surface area contributed by atoms with Crippen molar-refractivity contribution in [3.63, 3.8) is 0 Å². The fourth-order valence-corrected chi connectivity index (χ4v) is 6.40. The summed E-state index contributed by atoms with van der Waals surface area (Å²) < 4.78 is 5.24. The molecule has 2 aliphatic heterocycles. The number of carbonyl (C=O) groups is 3. The lowest BCUT2D eigenvalue weighted by Crippen LogP contribution is -2.76. The van der Waals surface area contributed by atoms with Crippen LogP contribution in [-0.4, -0.2) is 83.7 Å². The standard InChI is InChI=1S/C34H43N5O4.C2H6/c1-24(2)19-30-33(41)37(21-29(26-11-7-5-8-12-26)27-13-9-6-10-14-27)22-31-38(30)32(40)23-36(3)39(31)34(42)35-20-25-15-17-28(43-4)18-16-25;1-2/h5-9,11-13,15-18,24,29-31H,10,14,19-23H2,1-4H3,(H,35,42);1-2H3/t29?,30-,31-;/m0./s1. The number of hydrazine groups is 1. The van der Waals surface area contributed by atoms with E-state index >= 15 is 0 Å². The molecule has 2 fully saturated rings. The molecule has 9 nitrogen and oxygen atoms in total. The molecule has 0 bridgehead atoms. The zero-order valence-corrected chi connectivity index (χ0v) is 27.6. The molecule has 0 radical (unpaired) electrons. The number of hydrogen-bond acceptors (Lipinski definition) is 5. The van der Waals surface area contributed by atoms with Crippen molar-refractivity contribution < 1.29 is 19.1 Å². The van der Waals surface area contributed by atoms with Gasteiger partial charge in [0.25, 0.3) is 0 Å². The maximum absolute atomic E-state index is 14.2. The fraction of sp³-hybridized carbons (Fsp3) is 0.472. The highest BCUT2D eigenvalue weighted by atomic mass is 16.5. The molecule has 242 valence electrons. The van der Waals surface area contributed by atoms with E-state index in [1.807, 2.05) is 61.2 Å². The first-order valence-electron chi connectivity index (χ1n) is 16.2. The quantitative estimate of drug-likeness (QED) is 0.399. The number of piperazine rings is 1. The van der Waals surface area contributed by atoms with Crippen molar-refractivity contribution in [2.24, 2.45) is 5.92 Å². The number of hydrogen-bond donors (Lipinski definition) is 1. The summed E-state index contributed by atoms with van der Waals surface area (Å²) in [7, 11) is 3.37. The van der Waals surface area contributed by atoms with Crippen molar-refractivity contribution in [1.29, 1.82) is 0 Å². The number of nitrogens with zero attached hydrogens (tertiary/aromatic N) is 4. The zero-order valence-electron chi connectivity index (χ0n) is 27.6. The van der Waals surface area contributed by atoms with Crippen molar-refractivity contribution in [2.75, 3.05) is 33.8 Å². The van der Waals surface area contributed by atoms with Crippen molar-refractivity contribution >= 4 is 17.8 Å². The Morgan fingerprint density at radius 1 is 1.04 bits per heavy atom. The predicted molar refractivity (Wildman–Crippen MR) is 177 cm³/mol. The number of urea groups is 1. The first-order chi connectivity index (χ1) is 21.8. The highest BCUT2D eigenvalue weighted by Gasteiger charge is 2.51. The smallest absolute Gasteiger partial charge is 0.334 e. The normalized spacial score (nSPS) is 20.7. The molecule has 3 atom stereocenters. The number of nitrogens with one attached hydrogen (secondary N) is 1. The second-order valence-electron chi connectivity index (χ2n) is 12.0. The summed E-state index contributed by atoms with van der Waals surface area (Å²) >= 11 is 0. The summed E-state index contributed by atoms with van der Waals surface area (Å²) in [5.41, 5.74) is 3.38. The Labute approximate surface area is 268 Å². The Morgan fingerprint density at radius 3 is 2.38 bits per heavy atom. The number of methoxy groups -OCH3 is 1. The molecule has 2 saturated heterocycles. The molecule has 1 N–H and O–H groups in total. The van der Waals surface area contributed by atoms with E-state index in [-0.39, 0.29) is 42.8 Å². The molecule has 2 aromatic rings. The van der Waals surface area contributed by atoms with Gasteiger partial charge in [0.1, 0.15) is 18.0 Å². The molecule has 5 rings (SSSR count). The van der Waals surface area contributed by atoms with Crippen LogP contribution in [0.5, 0.6) is 5.75 Å². The maximum Gasteiger partial charge on any atom is 0.334 e. The van der Waals surface area contributed by atoms with E-state index in [1.165, 1.54) is 5.57 Å². The average Bonchev–Trinajstić information content (AvgIpc) is 3.06. The number of ether oxygens (including phenoxy) is 1. The van der Waals surface area contributed by atoms with Gasteiger partial charge in [0, 0.05) is 26.1 Å². The lowest BCUT2D eigenvalue weighted by atomic mass is 9.85. The van der Waals surface area contributed by atoms with Crippen LogP contribution in [0.1, 0.15) is 64.0 Å². The van der Waals surface area contributed by atoms with Gasteiger partial charge in [-0.3, -0.25) is 9.59 Å². The first-order valence-corrected chi connectivity index (χ1v) is 16.2. The molecule has 0 saturated carbocycles. The molecule has 2 heterocycles. The average molecular weight is 616 g/mol. The van der Waals surface area contributed by atoms with Gasteiger partial charge in [0.2, 0.25) is 11.8 Å². The van der Waals surface area contributed by atoms with Gasteiger partial charge in [-0.2, -0.15) is 0 Å². The Kier molecular flexibility index (Phi) is 11.8. The van der Waals surface area contributed by atoms with E-state index in [4.69, 9.17) is 4.74 Å². The van der Waals surface area contributed by atoms with Crippen molar-refractivity contribution in [2.45, 2.75) is 71.6 Å². The van der Waals surface area contributed by atoms with E-state index in [0.29, 0.717) is 19.5 Å². The first kappa shape index (κ1) is 33.8. The summed E-state index contributed by atoms with van der Waals surface area (Å²) in [6.07, 6.45) is 8.26. The predicted octanol–water partition coefficient (Wildman–Crippen LogP) is 5.57. The van der Waals surface area contributed by atoms with Crippen LogP contribution in [-0.2, 0) is 16.1 Å². The highest BCUT2D eigenvalue weighted by Crippen LogP contribution is 2.34. The van der Waals surface area contributed by atoms with E-state index < -0.39 is 12.2 Å². The van der Waals surface area contributed by atoms with Crippen LogP contribution in [0.15, 0.2) is 78.4 Å². The van der Waals surface area contributed by atoms with Crippen LogP contribution in [0.3, 0.4) is 0 Å². The van der Waals surface area contributed by atoms with Gasteiger partial charge in [-0.05, 0) is 48.4 Å². The number of fused-ring (bicyclic) bond motifs is 1. The Morgan fingerprint density at radius 2 is 1.76 bits per heavy atom. The molecule has 0 spiro atoms. The van der Waals surface area contributed by atoms with E-state index in [2.05, 4.69) is 49.5 Å². The van der Waals surface area contributed by atoms with E-state index in [1.54, 1.807) is 29.1 Å². The Balaban J connectivity index is 0.00000226. The summed E-state index contributed by atoms with van der Waals surface area (Å²) in [6.45, 7) is 9.20. The van der Waals surface area contributed by atoms with Crippen molar-refractivity contribution in [1.82, 2.24) is 25.1 Å². The Hall–Kier alpha value is -4.11. The molecule has 4 amide bonds. The van der Waals surface area contributed by atoms with Gasteiger partial charge in [0.05, 0.1) is 20.2 Å². The molecular formula is C36H49N5O4. The van der Waals surface area contributed by atoms with E-state index in [0.717, 1.165) is 29.7 Å². The third kappa shape index (κ3) is 7.95. The number of likely N-dealkylation sites (N-methyl/N-ethyl adjacent to an activating group) is 1. The second-order valence-corrected chi connectivity index (χ2v) is 12.0. The van der Waals surface area contributed by atoms with Crippen LogP contribution < -0.4 is 10.1 Å². The summed E-state index contributed by atoms with van der Waals surface area (Å²) in [6, 6.07) is 16.9. The van der Waals surface area contributed by atoms with Gasteiger partial charge < -0.3 is 19.9 Å². The molecule has 9 heteroatoms. The number of benzene rings is 2. The number of amides is 4. The second kappa shape index (κ2) is 15.8. The minimum Gasteiger partial charge on any atom is -0.497 e. The van der Waals surface area contributed by atoms with Crippen LogP contribution in [0.25, 0.3) is 0 Å². The number of allylic oxidation sites excluding steroid dienone is 3. The van der Waals surface area contributed by atoms with E-state index in [9.17, 15) is 14.4 Å². The number of rotatable bonds is 9. The van der Waals surface area contributed by atoms with Crippen LogP contribution in [0.4, 0.5) is 4.79 Å². The summed E-state index contributed by atoms with van der Waals surface area (Å²) in [5, 5.41) is 6.33. The SMILES string of the molecule is CC.COc1ccc(CNC(=O)N2[C@H]3CN(CC(C4=CC=CCC4)c4ccccc4)C(=O)[C@H](CC(C)C)N3C(=O)CN2C)cc1. The minimum atomic E-state index is -0.631. The van der Waals surface area contributed by atoms with Crippen LogP contribution >= 0.6 is 0 Å². The summed E-state index contributed by atoms with van der Waals surface area (Å²) in [4.78, 5) is 45.0. The molecule has 1 aliphatic carbocycles. The third-order valence-corrected chi connectivity index (χ3v) is 8.54. The number of carbonyl (C=O) groups excluding carboxylic acids is 3. The highest BCUT2D eigenvalue weighted by molar-refractivity contribution is 5.91. The Bertz CT molecular complexity index is 1360. The molecule has 45 heavy (non-hydrogen) atoms. The topological polar surface area (TPSA) is 85.4 Å². The van der Waals surface area contributed by atoms with Crippen molar-refractivity contribution in [3.05, 3.63) is 89.5 Å². The third-order valence-electron chi connectivity index (χ3n) is 8.54. The zero-order chi connectivity index (χ0) is 32.5. The van der Waals surface area contributed by atoms with Gasteiger partial charge in [0.15, 0.2) is 0 Å². The molecule has 2 aromatic carbocycles. The van der Waals surface area contributed by atoms with Gasteiger partial charge in [-0.1, -0.05) is 94.0 Å². The minimum absolute atomic E-state index is 0.0238. The fourth-order valence-electron chi connectivity index (χ4n) is 6.40. The molecule has 1 unspecified atom stereocenters. The monoisotopic (exact) mass is 615 g/mol. The van der Waals surface area contributed by atoms with Crippen molar-refractivity contribution in [3.8, 4) is 5.75 Å². The van der Waals surface area contributed by atoms with Gasteiger partial charge in [-0.15, -0.1) is 0 Å².